The Morgan fingerprint density at radius 1 is 1.56 bits per heavy atom. The van der Waals surface area contributed by atoms with Crippen molar-refractivity contribution in [2.45, 2.75) is 19.6 Å². The fourth-order valence-corrected chi connectivity index (χ4v) is 1.72. The van der Waals surface area contributed by atoms with E-state index in [1.807, 2.05) is 0 Å². The highest BCUT2D eigenvalue weighted by molar-refractivity contribution is 9.09. The lowest BCUT2D eigenvalue weighted by Crippen LogP contribution is -2.24. The molecule has 0 spiro atoms. The van der Waals surface area contributed by atoms with Gasteiger partial charge in [-0.25, -0.2) is 0 Å². The maximum atomic E-state index is 5.48. The second-order valence-electron chi connectivity index (χ2n) is 2.89. The highest BCUT2D eigenvalue weighted by Crippen LogP contribution is 2.09. The van der Waals surface area contributed by atoms with Crippen LogP contribution >= 0.6 is 15.9 Å². The van der Waals surface area contributed by atoms with Crippen LogP contribution in [0.15, 0.2) is 12.3 Å². The zero-order valence-corrected chi connectivity index (χ0v) is 8.79. The third-order valence-electron chi connectivity index (χ3n) is 0.600. The number of hydrogen-bond acceptors (Lipinski definition) is 1. The van der Waals surface area contributed by atoms with Gasteiger partial charge in [0.15, 0.2) is 0 Å². The van der Waals surface area contributed by atoms with Gasteiger partial charge in [0.2, 0.25) is 8.32 Å². The molecule has 0 rings (SSSR count). The van der Waals surface area contributed by atoms with E-state index in [0.29, 0.717) is 0 Å². The van der Waals surface area contributed by atoms with E-state index in [2.05, 4.69) is 42.1 Å². The Kier molecular flexibility index (Phi) is 3.51. The topological polar surface area (TPSA) is 9.23 Å². The van der Waals surface area contributed by atoms with E-state index in [0.717, 1.165) is 11.1 Å². The largest absolute Gasteiger partial charge is 0.547 e. The number of hydrogen-bond donors (Lipinski definition) is 0. The lowest BCUT2D eigenvalue weighted by atomic mass is 10.7. The van der Waals surface area contributed by atoms with Gasteiger partial charge >= 0.3 is 0 Å². The second-order valence-corrected chi connectivity index (χ2v) is 7.88. The molecule has 0 unspecified atom stereocenters. The van der Waals surface area contributed by atoms with E-state index in [-0.39, 0.29) is 0 Å². The molecular weight excluding hydrogens is 196 g/mol. The molecule has 0 aliphatic heterocycles. The molecule has 0 aromatic heterocycles. The van der Waals surface area contributed by atoms with Crippen LogP contribution in [0.1, 0.15) is 0 Å². The van der Waals surface area contributed by atoms with Crippen LogP contribution in [0.2, 0.25) is 19.6 Å². The van der Waals surface area contributed by atoms with Crippen molar-refractivity contribution in [3.63, 3.8) is 0 Å². The summed E-state index contributed by atoms with van der Waals surface area (Å²) in [5, 5.41) is 0.747. The maximum absolute atomic E-state index is 5.48. The molecule has 0 aromatic rings. The Bertz CT molecular complexity index is 106. The molecule has 0 radical (unpaired) electrons. The Labute approximate surface area is 66.4 Å². The van der Waals surface area contributed by atoms with E-state index >= 15 is 0 Å². The van der Waals surface area contributed by atoms with E-state index in [1.165, 1.54) is 0 Å². The van der Waals surface area contributed by atoms with E-state index < -0.39 is 8.32 Å². The van der Waals surface area contributed by atoms with Crippen molar-refractivity contribution in [1.29, 1.82) is 0 Å². The SMILES string of the molecule is C=C(CBr)O[Si](C)(C)C. The Balaban J connectivity index is 3.60. The van der Waals surface area contributed by atoms with Gasteiger partial charge in [-0.3, -0.25) is 0 Å². The molecule has 0 aromatic carbocycles. The van der Waals surface area contributed by atoms with Crippen LogP contribution in [0.3, 0.4) is 0 Å². The van der Waals surface area contributed by atoms with Crippen molar-refractivity contribution >= 4 is 24.2 Å². The van der Waals surface area contributed by atoms with Crippen LogP contribution in [0.25, 0.3) is 0 Å². The quantitative estimate of drug-likeness (QED) is 0.394. The van der Waals surface area contributed by atoms with Gasteiger partial charge in [-0.2, -0.15) is 0 Å². The minimum absolute atomic E-state index is 0.747. The van der Waals surface area contributed by atoms with E-state index in [1.54, 1.807) is 0 Å². The van der Waals surface area contributed by atoms with Crippen molar-refractivity contribution in [3.8, 4) is 0 Å². The standard InChI is InChI=1S/C6H13BrOSi/c1-6(5-7)8-9(2,3)4/h1,5H2,2-4H3. The summed E-state index contributed by atoms with van der Waals surface area (Å²) in [6.45, 7) is 10.1. The zero-order chi connectivity index (χ0) is 7.49. The third kappa shape index (κ3) is 6.12. The van der Waals surface area contributed by atoms with Gasteiger partial charge in [0.1, 0.15) is 0 Å². The first-order chi connectivity index (χ1) is 3.95. The second kappa shape index (κ2) is 3.42. The summed E-state index contributed by atoms with van der Waals surface area (Å²) in [6, 6.07) is 0. The molecule has 0 saturated carbocycles. The normalized spacial score (nSPS) is 11.1. The number of halogens is 1. The zero-order valence-electron chi connectivity index (χ0n) is 6.20. The molecule has 3 heteroatoms. The van der Waals surface area contributed by atoms with Crippen molar-refractivity contribution in [2.24, 2.45) is 0 Å². The van der Waals surface area contributed by atoms with Crippen LogP contribution in [-0.4, -0.2) is 13.6 Å². The van der Waals surface area contributed by atoms with Crippen LogP contribution in [-0.2, 0) is 4.43 Å². The molecule has 0 aliphatic rings. The lowest BCUT2D eigenvalue weighted by molar-refractivity contribution is 0.431. The van der Waals surface area contributed by atoms with Gasteiger partial charge in [0.05, 0.1) is 11.1 Å². The van der Waals surface area contributed by atoms with Crippen LogP contribution in [0.5, 0.6) is 0 Å². The molecule has 0 fully saturated rings. The van der Waals surface area contributed by atoms with Gasteiger partial charge < -0.3 is 4.43 Å². The minimum atomic E-state index is -1.37. The molecule has 1 nitrogen and oxygen atoms in total. The summed E-state index contributed by atoms with van der Waals surface area (Å²) in [6.07, 6.45) is 0. The first-order valence-corrected chi connectivity index (χ1v) is 7.41. The van der Waals surface area contributed by atoms with Crippen molar-refractivity contribution in [3.05, 3.63) is 12.3 Å². The number of alkyl halides is 1. The Morgan fingerprint density at radius 3 is 2.11 bits per heavy atom. The van der Waals surface area contributed by atoms with Crippen LogP contribution in [0, 0.1) is 0 Å². The Hall–Kier alpha value is 0.237. The molecule has 0 aliphatic carbocycles. The molecular formula is C6H13BrOSi. The summed E-state index contributed by atoms with van der Waals surface area (Å²) in [7, 11) is -1.37. The molecule has 0 amide bonds. The van der Waals surface area contributed by atoms with E-state index in [9.17, 15) is 0 Å². The van der Waals surface area contributed by atoms with Crippen molar-refractivity contribution in [2.75, 3.05) is 5.33 Å². The molecule has 0 N–H and O–H groups in total. The predicted molar refractivity (Wildman–Crippen MR) is 47.4 cm³/mol. The fraction of sp³-hybridized carbons (Fsp3) is 0.667. The molecule has 0 atom stereocenters. The van der Waals surface area contributed by atoms with Crippen LogP contribution in [0.4, 0.5) is 0 Å². The molecule has 0 bridgehead atoms. The monoisotopic (exact) mass is 208 g/mol. The van der Waals surface area contributed by atoms with Gasteiger partial charge in [0.25, 0.3) is 0 Å². The summed E-state index contributed by atoms with van der Waals surface area (Å²) in [5.41, 5.74) is 0. The number of rotatable bonds is 3. The maximum Gasteiger partial charge on any atom is 0.241 e. The molecule has 0 heterocycles. The lowest BCUT2D eigenvalue weighted by Gasteiger charge is -2.19. The molecule has 9 heavy (non-hydrogen) atoms. The van der Waals surface area contributed by atoms with Crippen molar-refractivity contribution in [1.82, 2.24) is 0 Å². The van der Waals surface area contributed by atoms with Gasteiger partial charge in [-0.15, -0.1) is 0 Å². The summed E-state index contributed by atoms with van der Waals surface area (Å²) < 4.78 is 5.48. The average Bonchev–Trinajstić information content (AvgIpc) is 1.62. The summed E-state index contributed by atoms with van der Waals surface area (Å²) in [5.74, 6) is 0.842. The van der Waals surface area contributed by atoms with Crippen molar-refractivity contribution < 1.29 is 4.43 Å². The highest BCUT2D eigenvalue weighted by atomic mass is 79.9. The highest BCUT2D eigenvalue weighted by Gasteiger charge is 2.15. The van der Waals surface area contributed by atoms with Gasteiger partial charge in [0, 0.05) is 0 Å². The van der Waals surface area contributed by atoms with E-state index in [4.69, 9.17) is 4.43 Å². The fourth-order valence-electron chi connectivity index (χ4n) is 0.460. The average molecular weight is 209 g/mol. The Morgan fingerprint density at radius 2 is 2.00 bits per heavy atom. The molecule has 54 valence electrons. The minimum Gasteiger partial charge on any atom is -0.547 e. The van der Waals surface area contributed by atoms with Crippen LogP contribution < -0.4 is 0 Å². The summed E-state index contributed by atoms with van der Waals surface area (Å²) >= 11 is 3.27. The first kappa shape index (κ1) is 9.24. The molecule has 0 saturated heterocycles. The van der Waals surface area contributed by atoms with Gasteiger partial charge in [-0.05, 0) is 19.6 Å². The number of allylic oxidation sites excluding steroid dienone is 1. The third-order valence-corrected chi connectivity index (χ3v) is 2.13. The summed E-state index contributed by atoms with van der Waals surface area (Å²) in [4.78, 5) is 0. The van der Waals surface area contributed by atoms with Gasteiger partial charge in [-0.1, -0.05) is 22.5 Å². The smallest absolute Gasteiger partial charge is 0.241 e. The first-order valence-electron chi connectivity index (χ1n) is 2.88. The predicted octanol–water partition coefficient (Wildman–Crippen LogP) is 2.75.